The zero-order valence-corrected chi connectivity index (χ0v) is 25.1. The van der Waals surface area contributed by atoms with E-state index in [1.807, 2.05) is 50.2 Å². The molecule has 2 atom stereocenters. The Hall–Kier alpha value is -1.05. The van der Waals surface area contributed by atoms with Crippen molar-refractivity contribution in [3.05, 3.63) is 67.6 Å². The van der Waals surface area contributed by atoms with Crippen molar-refractivity contribution in [1.29, 1.82) is 0 Å². The molecule has 2 unspecified atom stereocenters. The summed E-state index contributed by atoms with van der Waals surface area (Å²) < 4.78 is 15.6. The number of aryl methyl sites for hydroxylation is 2. The lowest BCUT2D eigenvalue weighted by Crippen LogP contribution is -2.16. The van der Waals surface area contributed by atoms with Crippen molar-refractivity contribution in [2.45, 2.75) is 38.8 Å². The Morgan fingerprint density at radius 3 is 1.57 bits per heavy atom. The Labute approximate surface area is 234 Å². The van der Waals surface area contributed by atoms with Crippen molar-refractivity contribution >= 4 is 74.4 Å². The van der Waals surface area contributed by atoms with Crippen LogP contribution in [0.15, 0.2) is 45.3 Å². The molecule has 0 bridgehead atoms. The molecule has 0 aliphatic heterocycles. The van der Waals surface area contributed by atoms with E-state index < -0.39 is 21.2 Å². The summed E-state index contributed by atoms with van der Waals surface area (Å²) in [4.78, 5) is 21.5. The van der Waals surface area contributed by atoms with Gasteiger partial charge in [-0.1, -0.05) is 56.1 Å². The van der Waals surface area contributed by atoms with Crippen molar-refractivity contribution in [2.75, 3.05) is 14.2 Å². The molecule has 0 radical (unpaired) electrons. The molecule has 2 aromatic carbocycles. The molecule has 0 aromatic heterocycles. The maximum Gasteiger partial charge on any atom is 0.307 e. The molecule has 198 valence electrons. The first-order valence-electron chi connectivity index (χ1n) is 9.79. The summed E-state index contributed by atoms with van der Waals surface area (Å²) in [6.07, 6.45) is 0.154. The molecule has 8 nitrogen and oxygen atoms in total. The molecule has 0 amide bonds. The fraction of sp³-hybridized carbons (Fsp3) is 0.364. The standard InChI is InChI=1S/C11H14BrNO2.C10H12BrNO2.CH4O.Cl2OS/c1-7-3-4-8(5-9(7)12)10(13)6-11(14)15-2;1-6-2-3-7(4-8(6)11)9(12)5-10(13)14;1-2;1-4(2)3/h3-5,10H,6,13H2,1-2H3;2-4,9H,5,12H2,1H3,(H,13,14);2H,1H3;. The van der Waals surface area contributed by atoms with Crippen molar-refractivity contribution < 1.29 is 28.7 Å². The molecule has 0 spiro atoms. The van der Waals surface area contributed by atoms with Crippen LogP contribution in [0, 0.1) is 13.8 Å². The highest BCUT2D eigenvalue weighted by Crippen LogP contribution is 2.23. The van der Waals surface area contributed by atoms with Gasteiger partial charge in [0.05, 0.1) is 20.0 Å². The molecule has 0 aliphatic rings. The summed E-state index contributed by atoms with van der Waals surface area (Å²) in [5.41, 5.74) is 15.6. The van der Waals surface area contributed by atoms with Crippen LogP contribution >= 0.6 is 53.2 Å². The fourth-order valence-corrected chi connectivity index (χ4v) is 3.16. The van der Waals surface area contributed by atoms with Gasteiger partial charge in [0.1, 0.15) is 0 Å². The number of carbonyl (C=O) groups excluding carboxylic acids is 1. The zero-order valence-electron chi connectivity index (χ0n) is 19.6. The minimum atomic E-state index is -1.67. The number of methoxy groups -OCH3 is 1. The number of aliphatic hydroxyl groups is 1. The highest BCUT2D eigenvalue weighted by molar-refractivity contribution is 9.10. The predicted molar refractivity (Wildman–Crippen MR) is 148 cm³/mol. The zero-order chi connectivity index (χ0) is 27.7. The minimum absolute atomic E-state index is 0.0461. The van der Waals surface area contributed by atoms with Gasteiger partial charge < -0.3 is 26.4 Å². The van der Waals surface area contributed by atoms with Crippen LogP contribution in [-0.2, 0) is 23.6 Å². The maximum atomic E-state index is 11.0. The molecule has 0 saturated heterocycles. The van der Waals surface area contributed by atoms with E-state index in [9.17, 15) is 9.59 Å². The van der Waals surface area contributed by atoms with Crippen molar-refractivity contribution in [3.8, 4) is 0 Å². The summed E-state index contributed by atoms with van der Waals surface area (Å²) in [7, 11) is 9.72. The third-order valence-electron chi connectivity index (χ3n) is 4.26. The number of carbonyl (C=O) groups is 2. The average molecular weight is 681 g/mol. The van der Waals surface area contributed by atoms with Crippen LogP contribution < -0.4 is 11.5 Å². The summed E-state index contributed by atoms with van der Waals surface area (Å²) in [5.74, 6) is -1.17. The number of halogens is 4. The molecule has 13 heteroatoms. The van der Waals surface area contributed by atoms with Gasteiger partial charge in [-0.3, -0.25) is 9.59 Å². The molecular weight excluding hydrogens is 651 g/mol. The number of aliphatic carboxylic acids is 1. The van der Waals surface area contributed by atoms with Gasteiger partial charge in [-0.2, -0.15) is 0 Å². The third kappa shape index (κ3) is 17.1. The summed E-state index contributed by atoms with van der Waals surface area (Å²) in [6.45, 7) is 3.97. The van der Waals surface area contributed by atoms with Gasteiger partial charge in [0.25, 0.3) is 0 Å². The topological polar surface area (TPSA) is 153 Å². The molecule has 2 aromatic rings. The number of rotatable bonds is 6. The van der Waals surface area contributed by atoms with Crippen LogP contribution in [-0.4, -0.2) is 40.6 Å². The number of esters is 1. The number of carboxylic acids is 1. The second-order valence-electron chi connectivity index (χ2n) is 6.79. The number of nitrogens with two attached hydrogens (primary N) is 2. The normalized spacial score (nSPS) is 11.4. The largest absolute Gasteiger partial charge is 0.481 e. The Balaban J connectivity index is 0. The molecule has 0 aliphatic carbocycles. The molecule has 0 heterocycles. The SMILES string of the molecule is CO.COC(=O)CC(N)c1ccc(C)c(Br)c1.Cc1ccc(C(N)CC(=O)O)cc1Br.O=S(Cl)Cl. The molecule has 0 fully saturated rings. The van der Waals surface area contributed by atoms with Gasteiger partial charge in [-0.05, 0) is 48.2 Å². The Morgan fingerprint density at radius 2 is 1.29 bits per heavy atom. The number of hydrogen-bond acceptors (Lipinski definition) is 7. The van der Waals surface area contributed by atoms with Crippen LogP contribution in [0.2, 0.25) is 0 Å². The van der Waals surface area contributed by atoms with Gasteiger partial charge in [-0.25, -0.2) is 4.21 Å². The number of ether oxygens (including phenoxy) is 1. The van der Waals surface area contributed by atoms with Gasteiger partial charge in [0.2, 0.25) is 9.23 Å². The highest BCUT2D eigenvalue weighted by Gasteiger charge is 2.13. The van der Waals surface area contributed by atoms with Gasteiger partial charge in [0.15, 0.2) is 0 Å². The second-order valence-corrected chi connectivity index (χ2v) is 11.0. The van der Waals surface area contributed by atoms with E-state index in [0.717, 1.165) is 38.3 Å². The minimum Gasteiger partial charge on any atom is -0.481 e. The van der Waals surface area contributed by atoms with Crippen LogP contribution in [0.1, 0.15) is 47.2 Å². The fourth-order valence-electron chi connectivity index (χ4n) is 2.37. The maximum absolute atomic E-state index is 11.0. The summed E-state index contributed by atoms with van der Waals surface area (Å²) in [6, 6.07) is 10.7. The number of carboxylic acid groups (broad SMARTS) is 1. The molecule has 6 N–H and O–H groups in total. The molecular formula is C22H30Br2Cl2N2O6S. The van der Waals surface area contributed by atoms with E-state index in [4.69, 9.17) is 25.9 Å². The average Bonchev–Trinajstić information content (AvgIpc) is 2.78. The van der Waals surface area contributed by atoms with E-state index in [1.165, 1.54) is 7.11 Å². The molecule has 0 saturated carbocycles. The first kappa shape index (κ1) is 36.1. The van der Waals surface area contributed by atoms with Crippen LogP contribution in [0.25, 0.3) is 0 Å². The lowest BCUT2D eigenvalue weighted by molar-refractivity contribution is -0.141. The summed E-state index contributed by atoms with van der Waals surface area (Å²) in [5, 5.41) is 15.6. The lowest BCUT2D eigenvalue weighted by atomic mass is 10.0. The first-order valence-corrected chi connectivity index (χ1v) is 14.2. The van der Waals surface area contributed by atoms with Gasteiger partial charge >= 0.3 is 11.9 Å². The summed E-state index contributed by atoms with van der Waals surface area (Å²) >= 11 is 6.80. The van der Waals surface area contributed by atoms with Gasteiger partial charge in [0, 0.05) is 49.5 Å². The third-order valence-corrected chi connectivity index (χ3v) is 5.97. The Bertz CT molecular complexity index is 966. The highest BCUT2D eigenvalue weighted by atomic mass is 79.9. The molecule has 35 heavy (non-hydrogen) atoms. The van der Waals surface area contributed by atoms with Crippen molar-refractivity contribution in [2.24, 2.45) is 11.5 Å². The smallest absolute Gasteiger partial charge is 0.307 e. The quantitative estimate of drug-likeness (QED) is 0.240. The lowest BCUT2D eigenvalue weighted by Gasteiger charge is -2.11. The molecule has 2 rings (SSSR count). The van der Waals surface area contributed by atoms with E-state index in [2.05, 4.69) is 58.0 Å². The van der Waals surface area contributed by atoms with E-state index >= 15 is 0 Å². The second kappa shape index (κ2) is 20.1. The Morgan fingerprint density at radius 1 is 0.943 bits per heavy atom. The van der Waals surface area contributed by atoms with E-state index in [0.29, 0.717) is 0 Å². The van der Waals surface area contributed by atoms with E-state index in [-0.39, 0.29) is 24.9 Å². The van der Waals surface area contributed by atoms with Crippen molar-refractivity contribution in [3.63, 3.8) is 0 Å². The van der Waals surface area contributed by atoms with Crippen molar-refractivity contribution in [1.82, 2.24) is 0 Å². The monoisotopic (exact) mass is 678 g/mol. The van der Waals surface area contributed by atoms with Crippen LogP contribution in [0.4, 0.5) is 0 Å². The first-order chi connectivity index (χ1) is 16.3. The van der Waals surface area contributed by atoms with Crippen LogP contribution in [0.3, 0.4) is 0 Å². The number of benzene rings is 2. The Kier molecular flexibility index (Phi) is 20.7. The van der Waals surface area contributed by atoms with E-state index in [1.54, 1.807) is 0 Å². The number of hydrogen-bond donors (Lipinski definition) is 4. The number of aliphatic hydroxyl groups excluding tert-OH is 1. The van der Waals surface area contributed by atoms with Crippen LogP contribution in [0.5, 0.6) is 0 Å². The van der Waals surface area contributed by atoms with Gasteiger partial charge in [-0.15, -0.1) is 0 Å². The predicted octanol–water partition coefficient (Wildman–Crippen LogP) is 5.20.